The quantitative estimate of drug-likeness (QED) is 0.141. The molecule has 3 atom stereocenters. The monoisotopic (exact) mass is 592 g/mol. The molecule has 0 spiro atoms. The summed E-state index contributed by atoms with van der Waals surface area (Å²) in [6.07, 6.45) is 4.51. The second kappa shape index (κ2) is 14.4. The average molecular weight is 592 g/mol. The third-order valence-electron chi connectivity index (χ3n) is 6.29. The second-order valence-corrected chi connectivity index (χ2v) is 9.53. The molecule has 2 rings (SSSR count). The first-order chi connectivity index (χ1) is 16.3. The van der Waals surface area contributed by atoms with E-state index in [-0.39, 0.29) is 29.5 Å². The first-order valence-electron chi connectivity index (χ1n) is 12.0. The minimum Gasteiger partial charge on any atom is -0.354 e. The van der Waals surface area contributed by atoms with E-state index in [0.29, 0.717) is 64.8 Å². The van der Waals surface area contributed by atoms with Crippen LogP contribution in [0.4, 0.5) is 0 Å². The van der Waals surface area contributed by atoms with Crippen LogP contribution >= 0.6 is 22.9 Å². The number of nitrogens with zero attached hydrogens (tertiary/aromatic N) is 2. The maximum absolute atomic E-state index is 12.8. The molecule has 5 amide bonds. The van der Waals surface area contributed by atoms with E-state index < -0.39 is 18.1 Å². The van der Waals surface area contributed by atoms with Crippen molar-refractivity contribution >= 4 is 52.4 Å². The van der Waals surface area contributed by atoms with Crippen molar-refractivity contribution in [3.8, 4) is 0 Å². The Morgan fingerprint density at radius 2 is 1.41 bits per heavy atom. The Morgan fingerprint density at radius 1 is 0.824 bits per heavy atom. The van der Waals surface area contributed by atoms with Gasteiger partial charge in [-0.05, 0) is 44.9 Å². The van der Waals surface area contributed by atoms with Crippen LogP contribution in [0.2, 0.25) is 0 Å². The summed E-state index contributed by atoms with van der Waals surface area (Å²) in [4.78, 5) is 64.6. The Bertz CT molecular complexity index is 751. The van der Waals surface area contributed by atoms with Gasteiger partial charge in [-0.25, -0.2) is 0 Å². The molecule has 2 heterocycles. The summed E-state index contributed by atoms with van der Waals surface area (Å²) >= 11 is 2.00. The fraction of sp³-hybridized carbons (Fsp3) is 0.773. The smallest absolute Gasteiger partial charge is 0.243 e. The van der Waals surface area contributed by atoms with E-state index in [0.717, 1.165) is 12.8 Å². The van der Waals surface area contributed by atoms with Crippen LogP contribution in [0.3, 0.4) is 0 Å². The molecule has 0 aliphatic carbocycles. The van der Waals surface area contributed by atoms with E-state index >= 15 is 0 Å². The third-order valence-corrected chi connectivity index (χ3v) is 6.83. The fourth-order valence-electron chi connectivity index (χ4n) is 4.53. The first kappa shape index (κ1) is 28.3. The zero-order chi connectivity index (χ0) is 25.1. The average Bonchev–Trinajstić information content (AvgIpc) is 3.48. The SMILES string of the molecule is CC(=O)N1CCCC1C(=O)NCCCCC(NC(=O)C1CCCN1C(C)=O)C(=O)NCCNI. The highest BCUT2D eigenvalue weighted by Crippen LogP contribution is 2.18. The van der Waals surface area contributed by atoms with Gasteiger partial charge in [0.1, 0.15) is 18.1 Å². The molecule has 2 aliphatic rings. The minimum absolute atomic E-state index is 0.0920. The number of likely N-dealkylation sites (tertiary alicyclic amines) is 2. The molecular weight excluding hydrogens is 555 g/mol. The lowest BCUT2D eigenvalue weighted by Crippen LogP contribution is -2.53. The predicted molar refractivity (Wildman–Crippen MR) is 135 cm³/mol. The maximum atomic E-state index is 12.8. The minimum atomic E-state index is -0.713. The summed E-state index contributed by atoms with van der Waals surface area (Å²) in [7, 11) is 0. The van der Waals surface area contributed by atoms with Gasteiger partial charge in [0.2, 0.25) is 29.5 Å². The van der Waals surface area contributed by atoms with Crippen molar-refractivity contribution in [2.24, 2.45) is 0 Å². The van der Waals surface area contributed by atoms with Gasteiger partial charge < -0.3 is 25.8 Å². The molecule has 0 aromatic carbocycles. The molecule has 2 saturated heterocycles. The number of rotatable bonds is 12. The zero-order valence-corrected chi connectivity index (χ0v) is 22.2. The van der Waals surface area contributed by atoms with Crippen LogP contribution in [-0.2, 0) is 24.0 Å². The van der Waals surface area contributed by atoms with Gasteiger partial charge in [-0.2, -0.15) is 0 Å². The van der Waals surface area contributed by atoms with Gasteiger partial charge in [0.15, 0.2) is 0 Å². The Balaban J connectivity index is 1.83. The number of halogens is 1. The number of hydrogen-bond donors (Lipinski definition) is 4. The molecule has 0 aromatic rings. The molecule has 4 N–H and O–H groups in total. The number of nitrogens with one attached hydrogen (secondary N) is 4. The summed E-state index contributed by atoms with van der Waals surface area (Å²) in [6, 6.07) is -1.66. The molecule has 0 radical (unpaired) electrons. The lowest BCUT2D eigenvalue weighted by atomic mass is 10.1. The molecule has 12 heteroatoms. The van der Waals surface area contributed by atoms with Crippen LogP contribution in [0.5, 0.6) is 0 Å². The van der Waals surface area contributed by atoms with Crippen LogP contribution in [-0.4, -0.2) is 90.2 Å². The van der Waals surface area contributed by atoms with Gasteiger partial charge in [0.25, 0.3) is 0 Å². The number of carbonyl (C=O) groups is 5. The van der Waals surface area contributed by atoms with Gasteiger partial charge >= 0.3 is 0 Å². The number of unbranched alkanes of at least 4 members (excludes halogenated alkanes) is 1. The second-order valence-electron chi connectivity index (χ2n) is 8.76. The molecule has 2 fully saturated rings. The molecule has 192 valence electrons. The van der Waals surface area contributed by atoms with Crippen molar-refractivity contribution in [1.29, 1.82) is 0 Å². The normalized spacial score (nSPS) is 20.7. The molecule has 0 aromatic heterocycles. The maximum Gasteiger partial charge on any atom is 0.243 e. The van der Waals surface area contributed by atoms with E-state index in [1.165, 1.54) is 13.8 Å². The Hall–Kier alpha value is -1.96. The standard InChI is InChI=1S/C22H37IN6O5/c1-15(30)28-13-5-8-18(28)21(33)24-10-4-3-7-17(20(32)25-11-12-26-23)27-22(34)19-9-6-14-29(19)16(2)31/h17-19,26H,3-14H2,1-2H3,(H,24,33)(H,25,32)(H,27,34). The Morgan fingerprint density at radius 3 is 1.97 bits per heavy atom. The van der Waals surface area contributed by atoms with Crippen molar-refractivity contribution in [3.05, 3.63) is 0 Å². The van der Waals surface area contributed by atoms with Crippen LogP contribution in [0.1, 0.15) is 58.8 Å². The van der Waals surface area contributed by atoms with E-state index in [1.807, 2.05) is 22.9 Å². The van der Waals surface area contributed by atoms with E-state index in [2.05, 4.69) is 19.5 Å². The van der Waals surface area contributed by atoms with E-state index in [9.17, 15) is 24.0 Å². The lowest BCUT2D eigenvalue weighted by Gasteiger charge is -2.25. The number of amides is 5. The Labute approximate surface area is 215 Å². The third kappa shape index (κ3) is 8.36. The lowest BCUT2D eigenvalue weighted by molar-refractivity contribution is -0.138. The van der Waals surface area contributed by atoms with Gasteiger partial charge in [0.05, 0.1) is 0 Å². The molecule has 3 unspecified atom stereocenters. The predicted octanol–water partition coefficient (Wildman–Crippen LogP) is -0.165. The summed E-state index contributed by atoms with van der Waals surface area (Å²) < 4.78 is 2.93. The molecule has 0 bridgehead atoms. The van der Waals surface area contributed by atoms with Crippen LogP contribution in [0.15, 0.2) is 0 Å². The molecule has 0 saturated carbocycles. The highest BCUT2D eigenvalue weighted by Gasteiger charge is 2.34. The van der Waals surface area contributed by atoms with Crippen LogP contribution in [0.25, 0.3) is 0 Å². The fourth-order valence-corrected chi connectivity index (χ4v) is 4.80. The Kier molecular flexibility index (Phi) is 12.0. The molecule has 2 aliphatic heterocycles. The zero-order valence-electron chi connectivity index (χ0n) is 20.0. The summed E-state index contributed by atoms with van der Waals surface area (Å²) in [6.45, 7) is 5.54. The number of hydrogen-bond acceptors (Lipinski definition) is 6. The van der Waals surface area contributed by atoms with Gasteiger partial charge in [0, 0.05) is 69.4 Å². The van der Waals surface area contributed by atoms with Crippen LogP contribution < -0.4 is 19.5 Å². The highest BCUT2D eigenvalue weighted by atomic mass is 127. The summed E-state index contributed by atoms with van der Waals surface area (Å²) in [5.41, 5.74) is 0. The van der Waals surface area contributed by atoms with Crippen LogP contribution in [0, 0.1) is 0 Å². The largest absolute Gasteiger partial charge is 0.354 e. The number of carbonyl (C=O) groups excluding carboxylic acids is 5. The van der Waals surface area contributed by atoms with Crippen molar-refractivity contribution in [3.63, 3.8) is 0 Å². The summed E-state index contributed by atoms with van der Waals surface area (Å²) in [5, 5.41) is 8.54. The highest BCUT2D eigenvalue weighted by molar-refractivity contribution is 14.1. The van der Waals surface area contributed by atoms with Gasteiger partial charge in [-0.3, -0.25) is 27.5 Å². The van der Waals surface area contributed by atoms with Gasteiger partial charge in [-0.1, -0.05) is 0 Å². The first-order valence-corrected chi connectivity index (χ1v) is 13.1. The molecule has 11 nitrogen and oxygen atoms in total. The van der Waals surface area contributed by atoms with Crippen molar-refractivity contribution in [1.82, 2.24) is 29.3 Å². The van der Waals surface area contributed by atoms with E-state index in [4.69, 9.17) is 0 Å². The molecular formula is C22H37IN6O5. The van der Waals surface area contributed by atoms with Crippen molar-refractivity contribution in [2.75, 3.05) is 32.7 Å². The van der Waals surface area contributed by atoms with E-state index in [1.54, 1.807) is 9.80 Å². The topological polar surface area (TPSA) is 140 Å². The van der Waals surface area contributed by atoms with Gasteiger partial charge in [-0.15, -0.1) is 0 Å². The molecule has 34 heavy (non-hydrogen) atoms. The summed E-state index contributed by atoms with van der Waals surface area (Å²) in [5.74, 6) is -0.955. The van der Waals surface area contributed by atoms with Crippen molar-refractivity contribution < 1.29 is 24.0 Å². The van der Waals surface area contributed by atoms with Crippen molar-refractivity contribution in [2.45, 2.75) is 76.9 Å².